The van der Waals surface area contributed by atoms with E-state index in [1.165, 1.54) is 0 Å². The molecule has 0 fully saturated rings. The summed E-state index contributed by atoms with van der Waals surface area (Å²) < 4.78 is 40.1. The molecule has 1 aromatic heterocycles. The van der Waals surface area contributed by atoms with Gasteiger partial charge < -0.3 is 5.11 Å². The summed E-state index contributed by atoms with van der Waals surface area (Å²) >= 11 is 12.0. The monoisotopic (exact) mass is 309 g/mol. The Labute approximate surface area is 116 Å². The molecule has 0 amide bonds. The first-order valence-electron chi connectivity index (χ1n) is 5.55. The Hall–Kier alpha value is -0.910. The number of fused-ring (bicyclic) bond motifs is 3. The van der Waals surface area contributed by atoms with Crippen molar-refractivity contribution >= 4 is 34.3 Å². The average Bonchev–Trinajstić information content (AvgIpc) is 2.79. The van der Waals surface area contributed by atoms with E-state index in [4.69, 9.17) is 23.4 Å². The lowest BCUT2D eigenvalue weighted by molar-refractivity contribution is -0.267. The SMILES string of the molecule is OC1(C(F)(F)F)CCc2c1n(Cl)c1cccc(Cl)c21. The second-order valence-electron chi connectivity index (χ2n) is 4.60. The normalized spacial score (nSPS) is 23.1. The van der Waals surface area contributed by atoms with Gasteiger partial charge in [-0.3, -0.25) is 4.09 Å². The lowest BCUT2D eigenvalue weighted by Gasteiger charge is -2.26. The Bertz CT molecular complexity index is 680. The Kier molecular flexibility index (Phi) is 2.62. The predicted molar refractivity (Wildman–Crippen MR) is 66.5 cm³/mol. The number of aliphatic hydroxyl groups is 1. The Balaban J connectivity index is 2.40. The van der Waals surface area contributed by atoms with Gasteiger partial charge in [-0.25, -0.2) is 0 Å². The molecule has 0 bridgehead atoms. The molecular formula is C12H8Cl2F3NO. The smallest absolute Gasteiger partial charge is 0.375 e. The highest BCUT2D eigenvalue weighted by Gasteiger charge is 2.60. The van der Waals surface area contributed by atoms with E-state index in [-0.39, 0.29) is 12.1 Å². The first-order chi connectivity index (χ1) is 8.77. The molecule has 7 heteroatoms. The third kappa shape index (κ3) is 1.55. The van der Waals surface area contributed by atoms with Crippen LogP contribution in [-0.2, 0) is 12.0 Å². The maximum Gasteiger partial charge on any atom is 0.422 e. The van der Waals surface area contributed by atoms with Crippen LogP contribution in [-0.4, -0.2) is 15.4 Å². The lowest BCUT2D eigenvalue weighted by Crippen LogP contribution is -2.41. The number of hydrogen-bond acceptors (Lipinski definition) is 1. The van der Waals surface area contributed by atoms with Gasteiger partial charge in [0.25, 0.3) is 0 Å². The van der Waals surface area contributed by atoms with E-state index in [2.05, 4.69) is 0 Å². The van der Waals surface area contributed by atoms with Crippen molar-refractivity contribution in [2.45, 2.75) is 24.6 Å². The molecule has 3 rings (SSSR count). The largest absolute Gasteiger partial charge is 0.422 e. The third-order valence-electron chi connectivity index (χ3n) is 3.58. The van der Waals surface area contributed by atoms with Gasteiger partial charge in [0.2, 0.25) is 5.60 Å². The predicted octanol–water partition coefficient (Wildman–Crippen LogP) is 3.99. The molecule has 0 saturated heterocycles. The summed E-state index contributed by atoms with van der Waals surface area (Å²) in [7, 11) is 0. The van der Waals surface area contributed by atoms with Gasteiger partial charge in [-0.05, 0) is 30.5 Å². The molecule has 1 unspecified atom stereocenters. The van der Waals surface area contributed by atoms with Crippen LogP contribution in [0.15, 0.2) is 18.2 Å². The summed E-state index contributed by atoms with van der Waals surface area (Å²) in [4.78, 5) is 0. The van der Waals surface area contributed by atoms with E-state index in [0.717, 1.165) is 4.09 Å². The highest BCUT2D eigenvalue weighted by atomic mass is 35.5. The van der Waals surface area contributed by atoms with Crippen LogP contribution in [0.25, 0.3) is 10.9 Å². The van der Waals surface area contributed by atoms with E-state index in [1.807, 2.05) is 0 Å². The maximum absolute atomic E-state index is 13.1. The van der Waals surface area contributed by atoms with Crippen LogP contribution >= 0.6 is 23.4 Å². The number of aryl methyl sites for hydroxylation is 1. The molecule has 0 saturated carbocycles. The van der Waals surface area contributed by atoms with E-state index in [1.54, 1.807) is 18.2 Å². The van der Waals surface area contributed by atoms with Crippen molar-refractivity contribution in [1.82, 2.24) is 4.09 Å². The van der Waals surface area contributed by atoms with Crippen LogP contribution in [0.5, 0.6) is 0 Å². The standard InChI is InChI=1S/C12H8Cl2F3NO/c13-7-2-1-3-8-9(7)6-4-5-11(19,12(15,16)17)10(6)18(8)14/h1-3,19H,4-5H2. The highest BCUT2D eigenvalue weighted by molar-refractivity contribution is 6.36. The first-order valence-corrected chi connectivity index (χ1v) is 6.26. The van der Waals surface area contributed by atoms with Crippen molar-refractivity contribution in [2.75, 3.05) is 0 Å². The Morgan fingerprint density at radius 3 is 2.63 bits per heavy atom. The number of halogens is 5. The molecule has 2 aromatic rings. The number of rotatable bonds is 0. The number of alkyl halides is 3. The zero-order valence-corrected chi connectivity index (χ0v) is 10.9. The summed E-state index contributed by atoms with van der Waals surface area (Å²) in [6.45, 7) is 0. The minimum Gasteiger partial charge on any atom is -0.375 e. The Morgan fingerprint density at radius 1 is 1.32 bits per heavy atom. The van der Waals surface area contributed by atoms with E-state index in [0.29, 0.717) is 21.5 Å². The fourth-order valence-corrected chi connectivity index (χ4v) is 3.35. The van der Waals surface area contributed by atoms with Crippen molar-refractivity contribution in [2.24, 2.45) is 0 Å². The fraction of sp³-hybridized carbons (Fsp3) is 0.333. The molecular weight excluding hydrogens is 302 g/mol. The molecule has 0 spiro atoms. The Morgan fingerprint density at radius 2 is 2.00 bits per heavy atom. The van der Waals surface area contributed by atoms with E-state index in [9.17, 15) is 18.3 Å². The van der Waals surface area contributed by atoms with E-state index >= 15 is 0 Å². The summed E-state index contributed by atoms with van der Waals surface area (Å²) in [5.74, 6) is 0. The lowest BCUT2D eigenvalue weighted by atomic mass is 10.0. The molecule has 0 radical (unpaired) electrons. The summed E-state index contributed by atoms with van der Waals surface area (Å²) in [6.07, 6.45) is -5.12. The minimum absolute atomic E-state index is 0.0886. The zero-order chi connectivity index (χ0) is 14.0. The first kappa shape index (κ1) is 13.1. The van der Waals surface area contributed by atoms with E-state index < -0.39 is 18.2 Å². The summed E-state index contributed by atoms with van der Waals surface area (Å²) in [6, 6.07) is 4.76. The van der Waals surface area contributed by atoms with Crippen LogP contribution < -0.4 is 0 Å². The van der Waals surface area contributed by atoms with Crippen LogP contribution in [0.3, 0.4) is 0 Å². The van der Waals surface area contributed by atoms with Gasteiger partial charge in [0.05, 0.1) is 16.2 Å². The van der Waals surface area contributed by atoms with Crippen molar-refractivity contribution in [3.8, 4) is 0 Å². The molecule has 2 nitrogen and oxygen atoms in total. The molecule has 0 aliphatic heterocycles. The van der Waals surface area contributed by atoms with Gasteiger partial charge in [-0.15, -0.1) is 0 Å². The molecule has 102 valence electrons. The van der Waals surface area contributed by atoms with Crippen molar-refractivity contribution in [3.05, 3.63) is 34.5 Å². The van der Waals surface area contributed by atoms with Gasteiger partial charge in [0.15, 0.2) is 0 Å². The van der Waals surface area contributed by atoms with Crippen molar-refractivity contribution in [3.63, 3.8) is 0 Å². The van der Waals surface area contributed by atoms with Gasteiger partial charge in [0, 0.05) is 17.2 Å². The number of nitrogens with zero attached hydrogens (tertiary/aromatic N) is 1. The van der Waals surface area contributed by atoms with Gasteiger partial charge in [0.1, 0.15) is 0 Å². The van der Waals surface area contributed by atoms with Crippen LogP contribution in [0.2, 0.25) is 5.02 Å². The van der Waals surface area contributed by atoms with Gasteiger partial charge in [-0.1, -0.05) is 17.7 Å². The molecule has 19 heavy (non-hydrogen) atoms. The number of aromatic nitrogens is 1. The summed E-state index contributed by atoms with van der Waals surface area (Å²) in [5.41, 5.74) is -2.48. The topological polar surface area (TPSA) is 25.2 Å². The number of benzene rings is 1. The molecule has 1 N–H and O–H groups in total. The maximum atomic E-state index is 13.1. The van der Waals surface area contributed by atoms with Gasteiger partial charge in [-0.2, -0.15) is 13.2 Å². The van der Waals surface area contributed by atoms with Crippen LogP contribution in [0.1, 0.15) is 17.7 Å². The molecule has 1 aromatic carbocycles. The fourth-order valence-electron chi connectivity index (χ4n) is 2.69. The molecule has 1 aliphatic carbocycles. The average molecular weight is 310 g/mol. The molecule has 1 heterocycles. The van der Waals surface area contributed by atoms with Gasteiger partial charge >= 0.3 is 6.18 Å². The van der Waals surface area contributed by atoms with Crippen LogP contribution in [0.4, 0.5) is 13.2 Å². The van der Waals surface area contributed by atoms with Crippen LogP contribution in [0, 0.1) is 0 Å². The molecule has 1 atom stereocenters. The minimum atomic E-state index is -4.77. The highest BCUT2D eigenvalue weighted by Crippen LogP contribution is 2.52. The van der Waals surface area contributed by atoms with Crippen molar-refractivity contribution in [1.29, 1.82) is 0 Å². The second-order valence-corrected chi connectivity index (χ2v) is 5.35. The molecule has 1 aliphatic rings. The number of hydrogen-bond donors (Lipinski definition) is 1. The summed E-state index contributed by atoms with van der Waals surface area (Å²) in [5, 5.41) is 10.8. The zero-order valence-electron chi connectivity index (χ0n) is 9.43. The quantitative estimate of drug-likeness (QED) is 0.782. The second kappa shape index (κ2) is 3.81. The van der Waals surface area contributed by atoms with Crippen molar-refractivity contribution < 1.29 is 18.3 Å². The third-order valence-corrected chi connectivity index (χ3v) is 4.25.